The maximum absolute atomic E-state index is 16.0. The summed E-state index contributed by atoms with van der Waals surface area (Å²) in [6, 6.07) is 10.7. The molecular weight excluding hydrogens is 485 g/mol. The Hall–Kier alpha value is -3.56. The molecule has 0 unspecified atom stereocenters. The molecule has 2 N–H and O–H groups in total. The number of halogens is 2. The van der Waals surface area contributed by atoms with Gasteiger partial charge in [0.15, 0.2) is 12.4 Å². The molecule has 0 atom stereocenters. The summed E-state index contributed by atoms with van der Waals surface area (Å²) in [4.78, 5) is 26.2. The van der Waals surface area contributed by atoms with Gasteiger partial charge >= 0.3 is 12.0 Å². The summed E-state index contributed by atoms with van der Waals surface area (Å²) in [5.41, 5.74) is 0.554. The van der Waals surface area contributed by atoms with Crippen LogP contribution < -0.4 is 10.1 Å². The quantitative estimate of drug-likeness (QED) is 0.342. The summed E-state index contributed by atoms with van der Waals surface area (Å²) in [7, 11) is 4.06. The Morgan fingerprint density at radius 2 is 1.97 bits per heavy atom. The molecule has 1 aliphatic rings. The number of pyridine rings is 1. The van der Waals surface area contributed by atoms with Gasteiger partial charge in [0.1, 0.15) is 17.0 Å². The monoisotopic (exact) mass is 509 g/mol. The Kier molecular flexibility index (Phi) is 6.36. The molecular formula is C26H25ClFN5O3. The van der Waals surface area contributed by atoms with Crippen LogP contribution >= 0.6 is 11.6 Å². The molecule has 186 valence electrons. The third kappa shape index (κ3) is 4.29. The number of fused-ring (bicyclic) bond motifs is 2. The van der Waals surface area contributed by atoms with Crippen molar-refractivity contribution in [1.29, 1.82) is 0 Å². The van der Waals surface area contributed by atoms with Crippen LogP contribution in [0.2, 0.25) is 5.02 Å². The summed E-state index contributed by atoms with van der Waals surface area (Å²) in [6.07, 6.45) is 4.70. The zero-order valence-electron chi connectivity index (χ0n) is 19.9. The highest BCUT2D eigenvalue weighted by Gasteiger charge is 2.39. The maximum Gasteiger partial charge on any atom is 0.341 e. The fourth-order valence-corrected chi connectivity index (χ4v) is 4.94. The number of carboxylic acid groups (broad SMARTS) is 1. The van der Waals surface area contributed by atoms with E-state index in [9.17, 15) is 4.79 Å². The summed E-state index contributed by atoms with van der Waals surface area (Å²) in [6.45, 7) is -0.0716. The highest BCUT2D eigenvalue weighted by molar-refractivity contribution is 6.36. The van der Waals surface area contributed by atoms with Crippen molar-refractivity contribution < 1.29 is 19.0 Å². The first-order valence-corrected chi connectivity index (χ1v) is 12.0. The van der Waals surface area contributed by atoms with Gasteiger partial charge in [-0.3, -0.25) is 4.98 Å². The highest BCUT2D eigenvalue weighted by Crippen LogP contribution is 2.38. The van der Waals surface area contributed by atoms with E-state index in [1.165, 1.54) is 6.20 Å². The molecule has 4 aromatic rings. The molecule has 0 spiro atoms. The Bertz CT molecular complexity index is 1470. The number of carboxylic acids is 1. The molecule has 5 rings (SSSR count). The number of aromatic nitrogens is 3. The molecule has 1 aliphatic carbocycles. The Balaban J connectivity index is 1.63. The third-order valence-electron chi connectivity index (χ3n) is 6.92. The van der Waals surface area contributed by atoms with Gasteiger partial charge in [-0.15, -0.1) is 0 Å². The lowest BCUT2D eigenvalue weighted by Gasteiger charge is -2.47. The lowest BCUT2D eigenvalue weighted by atomic mass is 9.75. The number of aliphatic carboxylic acids is 1. The molecule has 0 bridgehead atoms. The summed E-state index contributed by atoms with van der Waals surface area (Å²) < 4.78 is 21.3. The van der Waals surface area contributed by atoms with E-state index in [4.69, 9.17) is 21.4 Å². The fraction of sp³-hybridized carbons (Fsp3) is 0.308. The molecule has 0 aliphatic heterocycles. The fourth-order valence-electron chi connectivity index (χ4n) is 4.66. The van der Waals surface area contributed by atoms with Gasteiger partial charge < -0.3 is 20.1 Å². The van der Waals surface area contributed by atoms with E-state index in [0.717, 1.165) is 24.6 Å². The van der Waals surface area contributed by atoms with Gasteiger partial charge in [0.25, 0.3) is 0 Å². The van der Waals surface area contributed by atoms with Crippen molar-refractivity contribution in [3.63, 3.8) is 0 Å². The molecule has 8 nitrogen and oxygen atoms in total. The minimum atomic E-state index is -1.18. The summed E-state index contributed by atoms with van der Waals surface area (Å²) in [5.74, 6) is -1.52. The predicted octanol–water partition coefficient (Wildman–Crippen LogP) is 5.00. The number of anilines is 1. The molecule has 36 heavy (non-hydrogen) atoms. The summed E-state index contributed by atoms with van der Waals surface area (Å²) >= 11 is 6.47. The smallest absolute Gasteiger partial charge is 0.341 e. The van der Waals surface area contributed by atoms with Crippen LogP contribution in [0.3, 0.4) is 0 Å². The number of nitrogens with one attached hydrogen (secondary N) is 1. The van der Waals surface area contributed by atoms with Gasteiger partial charge in [-0.1, -0.05) is 41.9 Å². The second kappa shape index (κ2) is 9.48. The number of benzene rings is 2. The van der Waals surface area contributed by atoms with E-state index in [0.29, 0.717) is 33.7 Å². The van der Waals surface area contributed by atoms with Crippen molar-refractivity contribution in [2.75, 3.05) is 32.6 Å². The van der Waals surface area contributed by atoms with E-state index in [1.807, 2.05) is 38.4 Å². The second-order valence-electron chi connectivity index (χ2n) is 9.19. The first-order chi connectivity index (χ1) is 17.3. The van der Waals surface area contributed by atoms with Crippen LogP contribution in [0.25, 0.3) is 32.9 Å². The molecule has 1 fully saturated rings. The maximum atomic E-state index is 16.0. The first kappa shape index (κ1) is 24.1. The average molecular weight is 510 g/mol. The minimum absolute atomic E-state index is 0.0190. The second-order valence-corrected chi connectivity index (χ2v) is 9.60. The van der Waals surface area contributed by atoms with Crippen LogP contribution in [0.5, 0.6) is 6.01 Å². The van der Waals surface area contributed by atoms with Gasteiger partial charge in [0.05, 0.1) is 5.39 Å². The standard InChI is InChI=1S/C26H25ClFN5O3/c1-33(2)26(10-5-11-26)14-30-24-17-12-29-22(16-8-3-6-15-7-4-9-18(27)20(15)16)21(28)23(17)31-25(32-24)36-13-19(34)35/h3-4,6-9,12H,5,10-11,13-14H2,1-2H3,(H,34,35)(H,30,31,32). The van der Waals surface area contributed by atoms with E-state index < -0.39 is 18.4 Å². The zero-order chi connectivity index (χ0) is 25.4. The molecule has 2 aromatic heterocycles. The number of hydrogen-bond acceptors (Lipinski definition) is 7. The number of ether oxygens (including phenoxy) is 1. The van der Waals surface area contributed by atoms with Crippen molar-refractivity contribution >= 4 is 45.1 Å². The normalized spacial score (nSPS) is 14.7. The zero-order valence-corrected chi connectivity index (χ0v) is 20.6. The van der Waals surface area contributed by atoms with Gasteiger partial charge in [-0.25, -0.2) is 9.18 Å². The van der Waals surface area contributed by atoms with Crippen LogP contribution in [0.4, 0.5) is 10.2 Å². The van der Waals surface area contributed by atoms with E-state index >= 15 is 4.39 Å². The van der Waals surface area contributed by atoms with Crippen molar-refractivity contribution in [2.24, 2.45) is 0 Å². The van der Waals surface area contributed by atoms with Crippen molar-refractivity contribution in [2.45, 2.75) is 24.8 Å². The number of rotatable bonds is 8. The lowest BCUT2D eigenvalue weighted by Crippen LogP contribution is -2.54. The molecule has 0 amide bonds. The summed E-state index contributed by atoms with van der Waals surface area (Å²) in [5, 5.41) is 14.7. The van der Waals surface area contributed by atoms with Crippen LogP contribution in [0, 0.1) is 5.82 Å². The molecule has 10 heteroatoms. The topological polar surface area (TPSA) is 100 Å². The van der Waals surface area contributed by atoms with Crippen LogP contribution in [-0.2, 0) is 4.79 Å². The molecule has 0 radical (unpaired) electrons. The van der Waals surface area contributed by atoms with Crippen molar-refractivity contribution in [3.8, 4) is 17.3 Å². The largest absolute Gasteiger partial charge is 0.479 e. The van der Waals surface area contributed by atoms with Gasteiger partial charge in [0.2, 0.25) is 0 Å². The van der Waals surface area contributed by atoms with Crippen molar-refractivity contribution in [3.05, 3.63) is 53.4 Å². The number of nitrogens with zero attached hydrogens (tertiary/aromatic N) is 4. The average Bonchev–Trinajstić information content (AvgIpc) is 2.82. The Labute approximate surface area is 212 Å². The molecule has 2 aromatic carbocycles. The SMILES string of the molecule is CN(C)C1(CNc2nc(OCC(=O)O)nc3c(F)c(-c4cccc5cccc(Cl)c45)ncc23)CCC1. The number of hydrogen-bond donors (Lipinski definition) is 2. The number of likely N-dealkylation sites (N-methyl/N-ethyl adjacent to an activating group) is 1. The van der Waals surface area contributed by atoms with Crippen LogP contribution in [0.1, 0.15) is 19.3 Å². The predicted molar refractivity (Wildman–Crippen MR) is 137 cm³/mol. The molecule has 2 heterocycles. The lowest BCUT2D eigenvalue weighted by molar-refractivity contribution is -0.139. The molecule has 1 saturated carbocycles. The van der Waals surface area contributed by atoms with Gasteiger partial charge in [-0.05, 0) is 44.8 Å². The number of carbonyl (C=O) groups is 1. The minimum Gasteiger partial charge on any atom is -0.479 e. The van der Waals surface area contributed by atoms with E-state index in [-0.39, 0.29) is 22.8 Å². The van der Waals surface area contributed by atoms with E-state index in [2.05, 4.69) is 25.2 Å². The Morgan fingerprint density at radius 1 is 1.22 bits per heavy atom. The highest BCUT2D eigenvalue weighted by atomic mass is 35.5. The van der Waals surface area contributed by atoms with Crippen LogP contribution in [-0.4, -0.2) is 63.7 Å². The van der Waals surface area contributed by atoms with Gasteiger partial charge in [0, 0.05) is 34.3 Å². The van der Waals surface area contributed by atoms with Gasteiger partial charge in [-0.2, -0.15) is 9.97 Å². The third-order valence-corrected chi connectivity index (χ3v) is 7.23. The molecule has 0 saturated heterocycles. The first-order valence-electron chi connectivity index (χ1n) is 11.6. The van der Waals surface area contributed by atoms with Crippen LogP contribution in [0.15, 0.2) is 42.6 Å². The Morgan fingerprint density at radius 3 is 2.64 bits per heavy atom. The van der Waals surface area contributed by atoms with Crippen molar-refractivity contribution in [1.82, 2.24) is 19.9 Å². The van der Waals surface area contributed by atoms with E-state index in [1.54, 1.807) is 12.1 Å².